The Labute approximate surface area is 204 Å². The van der Waals surface area contributed by atoms with Crippen molar-refractivity contribution in [3.8, 4) is 5.69 Å². The lowest BCUT2D eigenvalue weighted by Crippen LogP contribution is -2.30. The number of piperidine rings is 1. The number of amides is 1. The summed E-state index contributed by atoms with van der Waals surface area (Å²) in [5.74, 6) is 1.29. The minimum absolute atomic E-state index is 0.0127. The van der Waals surface area contributed by atoms with Gasteiger partial charge in [-0.2, -0.15) is 0 Å². The van der Waals surface area contributed by atoms with Crippen LogP contribution in [-0.4, -0.2) is 56.7 Å². The summed E-state index contributed by atoms with van der Waals surface area (Å²) in [5, 5.41) is 9.69. The molecule has 0 saturated carbocycles. The zero-order valence-corrected chi connectivity index (χ0v) is 20.0. The molecule has 2 fully saturated rings. The van der Waals surface area contributed by atoms with Crippen molar-refractivity contribution in [1.29, 1.82) is 0 Å². The quantitative estimate of drug-likeness (QED) is 0.356. The lowest BCUT2D eigenvalue weighted by atomic mass is 10.1. The third-order valence-corrected chi connectivity index (χ3v) is 7.34. The zero-order chi connectivity index (χ0) is 23.3. The topological polar surface area (TPSA) is 71.3 Å². The second-order valence-corrected chi connectivity index (χ2v) is 9.76. The smallest absolute Gasteiger partial charge is 0.227 e. The lowest BCUT2D eigenvalue weighted by molar-refractivity contribution is -0.117. The van der Waals surface area contributed by atoms with Gasteiger partial charge in [-0.25, -0.2) is 0 Å². The van der Waals surface area contributed by atoms with Gasteiger partial charge in [-0.05, 0) is 56.6 Å². The third kappa shape index (κ3) is 5.08. The second kappa shape index (κ2) is 10.5. The number of rotatable bonds is 8. The largest absolute Gasteiger partial charge is 0.312 e. The van der Waals surface area contributed by atoms with E-state index in [9.17, 15) is 9.59 Å². The molecule has 1 aromatic heterocycles. The number of benzene rings is 2. The number of carbonyl (C=O) groups excluding carboxylic acids is 2. The van der Waals surface area contributed by atoms with Crippen LogP contribution in [0.5, 0.6) is 0 Å². The monoisotopic (exact) mass is 475 g/mol. The zero-order valence-electron chi connectivity index (χ0n) is 19.2. The molecular weight excluding hydrogens is 446 g/mol. The van der Waals surface area contributed by atoms with Crippen LogP contribution in [0.3, 0.4) is 0 Å². The Kier molecular flexibility index (Phi) is 7.06. The van der Waals surface area contributed by atoms with E-state index in [-0.39, 0.29) is 17.4 Å². The van der Waals surface area contributed by atoms with Gasteiger partial charge in [-0.1, -0.05) is 48.5 Å². The molecule has 0 aliphatic carbocycles. The molecule has 0 spiro atoms. The van der Waals surface area contributed by atoms with Crippen LogP contribution in [0, 0.1) is 0 Å². The number of thioether (sulfide) groups is 1. The fourth-order valence-corrected chi connectivity index (χ4v) is 5.50. The van der Waals surface area contributed by atoms with Gasteiger partial charge in [0.05, 0.1) is 12.3 Å². The molecule has 0 N–H and O–H groups in total. The molecule has 8 heteroatoms. The molecule has 3 heterocycles. The van der Waals surface area contributed by atoms with E-state index in [1.54, 1.807) is 4.90 Å². The molecule has 3 aromatic rings. The Hall–Kier alpha value is -2.97. The number of ketones is 1. The summed E-state index contributed by atoms with van der Waals surface area (Å²) in [6, 6.07) is 17.5. The minimum atomic E-state index is 0.0127. The number of para-hydroxylation sites is 1. The van der Waals surface area contributed by atoms with Crippen molar-refractivity contribution in [2.75, 3.05) is 30.3 Å². The van der Waals surface area contributed by atoms with Crippen LogP contribution >= 0.6 is 11.8 Å². The molecule has 5 rings (SSSR count). The van der Waals surface area contributed by atoms with Gasteiger partial charge in [0, 0.05) is 29.9 Å². The molecule has 0 bridgehead atoms. The average Bonchev–Trinajstić information content (AvgIpc) is 3.49. The number of carbonyl (C=O) groups is 2. The molecule has 0 unspecified atom stereocenters. The predicted octanol–water partition coefficient (Wildman–Crippen LogP) is 4.36. The van der Waals surface area contributed by atoms with Gasteiger partial charge in [0.1, 0.15) is 0 Å². The van der Waals surface area contributed by atoms with Gasteiger partial charge < -0.3 is 4.90 Å². The van der Waals surface area contributed by atoms with Crippen LogP contribution in [0.2, 0.25) is 0 Å². The van der Waals surface area contributed by atoms with Gasteiger partial charge in [0.25, 0.3) is 0 Å². The molecule has 2 saturated heterocycles. The molecule has 2 aliphatic heterocycles. The van der Waals surface area contributed by atoms with Crippen molar-refractivity contribution in [3.63, 3.8) is 0 Å². The number of hydrogen-bond donors (Lipinski definition) is 0. The average molecular weight is 476 g/mol. The lowest BCUT2D eigenvalue weighted by Gasteiger charge is -2.26. The molecule has 0 atom stereocenters. The molecule has 176 valence electrons. The fourth-order valence-electron chi connectivity index (χ4n) is 4.63. The van der Waals surface area contributed by atoms with Crippen molar-refractivity contribution < 1.29 is 9.59 Å². The van der Waals surface area contributed by atoms with Crippen molar-refractivity contribution in [3.05, 3.63) is 66.0 Å². The van der Waals surface area contributed by atoms with E-state index in [1.165, 1.54) is 31.0 Å². The van der Waals surface area contributed by atoms with E-state index in [4.69, 9.17) is 0 Å². The van der Waals surface area contributed by atoms with E-state index >= 15 is 0 Å². The first-order valence-corrected chi connectivity index (χ1v) is 13.0. The first-order chi connectivity index (χ1) is 16.7. The van der Waals surface area contributed by atoms with E-state index in [0.717, 1.165) is 48.4 Å². The van der Waals surface area contributed by atoms with Crippen molar-refractivity contribution in [2.24, 2.45) is 0 Å². The molecule has 2 aliphatic rings. The van der Waals surface area contributed by atoms with Crippen LogP contribution in [0.1, 0.15) is 48.3 Å². The van der Waals surface area contributed by atoms with Crippen LogP contribution in [0.4, 0.5) is 5.69 Å². The highest BCUT2D eigenvalue weighted by Crippen LogP contribution is 2.26. The molecule has 1 amide bonds. The number of Topliss-reactive ketones (excluding diaryl/α,β-unsaturated/α-hetero) is 1. The van der Waals surface area contributed by atoms with Gasteiger partial charge in [0.15, 0.2) is 16.8 Å². The van der Waals surface area contributed by atoms with E-state index in [2.05, 4.69) is 19.7 Å². The van der Waals surface area contributed by atoms with Crippen LogP contribution in [0.25, 0.3) is 5.69 Å². The maximum absolute atomic E-state index is 13.0. The number of hydrogen-bond acceptors (Lipinski definition) is 6. The van der Waals surface area contributed by atoms with Crippen LogP contribution < -0.4 is 4.90 Å². The minimum Gasteiger partial charge on any atom is -0.312 e. The highest BCUT2D eigenvalue weighted by Gasteiger charge is 2.23. The second-order valence-electron chi connectivity index (χ2n) is 8.82. The Bertz CT molecular complexity index is 1160. The molecule has 7 nitrogen and oxygen atoms in total. The van der Waals surface area contributed by atoms with Gasteiger partial charge in [-0.3, -0.25) is 19.1 Å². The normalized spacial score (nSPS) is 16.8. The SMILES string of the molecule is O=C(CSc1nnc(CN2CCCCC2)n1-c1ccccc1)c1cccc(N2CCCC2=O)c1. The third-order valence-electron chi connectivity index (χ3n) is 6.41. The summed E-state index contributed by atoms with van der Waals surface area (Å²) >= 11 is 1.41. The Morgan fingerprint density at radius 3 is 2.44 bits per heavy atom. The molecule has 0 radical (unpaired) electrons. The number of nitrogens with zero attached hydrogens (tertiary/aromatic N) is 5. The summed E-state index contributed by atoms with van der Waals surface area (Å²) < 4.78 is 2.08. The summed E-state index contributed by atoms with van der Waals surface area (Å²) in [4.78, 5) is 29.3. The Morgan fingerprint density at radius 1 is 0.882 bits per heavy atom. The van der Waals surface area contributed by atoms with Crippen LogP contribution in [0.15, 0.2) is 59.8 Å². The number of aromatic nitrogens is 3. The van der Waals surface area contributed by atoms with E-state index < -0.39 is 0 Å². The van der Waals surface area contributed by atoms with Gasteiger partial charge >= 0.3 is 0 Å². The first kappa shape index (κ1) is 22.8. The molecular formula is C26H29N5O2S. The van der Waals surface area contributed by atoms with E-state index in [0.29, 0.717) is 18.5 Å². The highest BCUT2D eigenvalue weighted by molar-refractivity contribution is 7.99. The Balaban J connectivity index is 1.33. The summed E-state index contributed by atoms with van der Waals surface area (Å²) in [5.41, 5.74) is 2.42. The number of anilines is 1. The predicted molar refractivity (Wildman–Crippen MR) is 134 cm³/mol. The standard InChI is InChI=1S/C26H29N5O2S/c32-23(20-9-7-12-22(17-20)30-16-8-13-25(30)33)19-34-26-28-27-24(18-29-14-5-2-6-15-29)31(26)21-10-3-1-4-11-21/h1,3-4,7,9-12,17H,2,5-6,8,13-16,18-19H2. The van der Waals surface area contributed by atoms with Crippen LogP contribution in [-0.2, 0) is 11.3 Å². The maximum Gasteiger partial charge on any atom is 0.227 e. The summed E-state index contributed by atoms with van der Waals surface area (Å²) in [7, 11) is 0. The van der Waals surface area contributed by atoms with Gasteiger partial charge in [-0.15, -0.1) is 10.2 Å². The van der Waals surface area contributed by atoms with E-state index in [1.807, 2.05) is 54.6 Å². The molecule has 2 aromatic carbocycles. The van der Waals surface area contributed by atoms with Gasteiger partial charge in [0.2, 0.25) is 5.91 Å². The molecule has 34 heavy (non-hydrogen) atoms. The fraction of sp³-hybridized carbons (Fsp3) is 0.385. The van der Waals surface area contributed by atoms with Crippen molar-refractivity contribution >= 4 is 29.1 Å². The van der Waals surface area contributed by atoms with Crippen molar-refractivity contribution in [1.82, 2.24) is 19.7 Å². The summed E-state index contributed by atoms with van der Waals surface area (Å²) in [6.07, 6.45) is 5.16. The maximum atomic E-state index is 13.0. The Morgan fingerprint density at radius 2 is 1.68 bits per heavy atom. The number of likely N-dealkylation sites (tertiary alicyclic amines) is 1. The van der Waals surface area contributed by atoms with Crippen molar-refractivity contribution in [2.45, 2.75) is 43.8 Å². The first-order valence-electron chi connectivity index (χ1n) is 12.0. The summed E-state index contributed by atoms with van der Waals surface area (Å²) in [6.45, 7) is 3.63. The highest BCUT2D eigenvalue weighted by atomic mass is 32.2.